The van der Waals surface area contributed by atoms with Crippen LogP contribution in [0, 0.1) is 0 Å². The summed E-state index contributed by atoms with van der Waals surface area (Å²) in [5, 5.41) is 2.68. The standard InChI is InChI=1S/C13H19N5O3/c14-9-1-3-10(4-2-9)17-13(21)5-6-18(7-11(15)19)8-12(16)20/h1-4H,5-8,14H2,(H2,15,19)(H2,16,20)(H,17,21). The smallest absolute Gasteiger partial charge is 0.231 e. The highest BCUT2D eigenvalue weighted by molar-refractivity contribution is 5.91. The van der Waals surface area contributed by atoms with Crippen LogP contribution < -0.4 is 22.5 Å². The van der Waals surface area contributed by atoms with E-state index in [9.17, 15) is 14.4 Å². The van der Waals surface area contributed by atoms with Crippen molar-refractivity contribution in [1.29, 1.82) is 0 Å². The molecule has 1 aromatic carbocycles. The highest BCUT2D eigenvalue weighted by Gasteiger charge is 2.13. The number of carbonyl (C=O) groups excluding carboxylic acids is 3. The quantitative estimate of drug-likeness (QED) is 0.448. The molecule has 114 valence electrons. The molecule has 0 spiro atoms. The van der Waals surface area contributed by atoms with E-state index in [0.717, 1.165) is 0 Å². The molecule has 0 heterocycles. The fourth-order valence-electron chi connectivity index (χ4n) is 1.70. The lowest BCUT2D eigenvalue weighted by molar-refractivity contribution is -0.123. The molecule has 0 unspecified atom stereocenters. The number of anilines is 2. The van der Waals surface area contributed by atoms with E-state index in [2.05, 4.69) is 5.32 Å². The van der Waals surface area contributed by atoms with Crippen molar-refractivity contribution in [1.82, 2.24) is 4.90 Å². The molecule has 1 aromatic rings. The Morgan fingerprint density at radius 3 is 2.00 bits per heavy atom. The molecule has 8 nitrogen and oxygen atoms in total. The second kappa shape index (κ2) is 7.85. The molecule has 0 fully saturated rings. The van der Waals surface area contributed by atoms with E-state index in [-0.39, 0.29) is 32.0 Å². The van der Waals surface area contributed by atoms with E-state index >= 15 is 0 Å². The molecule has 0 aromatic heterocycles. The zero-order valence-corrected chi connectivity index (χ0v) is 11.5. The van der Waals surface area contributed by atoms with Gasteiger partial charge in [0, 0.05) is 24.3 Å². The minimum absolute atomic E-state index is 0.102. The third-order valence-corrected chi connectivity index (χ3v) is 2.61. The summed E-state index contributed by atoms with van der Waals surface area (Å²) in [5.74, 6) is -1.43. The van der Waals surface area contributed by atoms with Crippen LogP contribution in [0.15, 0.2) is 24.3 Å². The van der Waals surface area contributed by atoms with Crippen LogP contribution in [0.5, 0.6) is 0 Å². The van der Waals surface area contributed by atoms with E-state index in [1.165, 1.54) is 4.90 Å². The van der Waals surface area contributed by atoms with Crippen LogP contribution in [0.1, 0.15) is 6.42 Å². The van der Waals surface area contributed by atoms with Crippen LogP contribution >= 0.6 is 0 Å². The van der Waals surface area contributed by atoms with Gasteiger partial charge in [-0.25, -0.2) is 0 Å². The summed E-state index contributed by atoms with van der Waals surface area (Å²) >= 11 is 0. The lowest BCUT2D eigenvalue weighted by atomic mass is 10.2. The lowest BCUT2D eigenvalue weighted by Crippen LogP contribution is -2.40. The number of carbonyl (C=O) groups is 3. The Morgan fingerprint density at radius 2 is 1.52 bits per heavy atom. The Bertz CT molecular complexity index is 499. The molecule has 8 heteroatoms. The highest BCUT2D eigenvalue weighted by Crippen LogP contribution is 2.10. The average Bonchev–Trinajstić information content (AvgIpc) is 2.37. The molecule has 0 aliphatic carbocycles. The number of hydrogen-bond donors (Lipinski definition) is 4. The van der Waals surface area contributed by atoms with Gasteiger partial charge in [0.25, 0.3) is 0 Å². The topological polar surface area (TPSA) is 145 Å². The summed E-state index contributed by atoms with van der Waals surface area (Å²) < 4.78 is 0. The van der Waals surface area contributed by atoms with Crippen molar-refractivity contribution in [2.24, 2.45) is 11.5 Å². The number of hydrogen-bond acceptors (Lipinski definition) is 5. The normalized spacial score (nSPS) is 10.3. The fourth-order valence-corrected chi connectivity index (χ4v) is 1.70. The molecule has 21 heavy (non-hydrogen) atoms. The molecule has 1 rings (SSSR count). The van der Waals surface area contributed by atoms with E-state index < -0.39 is 11.8 Å². The van der Waals surface area contributed by atoms with Crippen molar-refractivity contribution in [3.63, 3.8) is 0 Å². The van der Waals surface area contributed by atoms with Crippen LogP contribution in [-0.2, 0) is 14.4 Å². The maximum absolute atomic E-state index is 11.8. The number of nitrogens with one attached hydrogen (secondary N) is 1. The van der Waals surface area contributed by atoms with Gasteiger partial charge in [0.1, 0.15) is 0 Å². The van der Waals surface area contributed by atoms with Crippen LogP contribution in [0.25, 0.3) is 0 Å². The van der Waals surface area contributed by atoms with Gasteiger partial charge in [-0.3, -0.25) is 19.3 Å². The second-order valence-electron chi connectivity index (χ2n) is 4.56. The van der Waals surface area contributed by atoms with Gasteiger partial charge in [0.05, 0.1) is 13.1 Å². The lowest BCUT2D eigenvalue weighted by Gasteiger charge is -2.18. The summed E-state index contributed by atoms with van der Waals surface area (Å²) in [6.07, 6.45) is 0.102. The van der Waals surface area contributed by atoms with Crippen molar-refractivity contribution in [2.75, 3.05) is 30.7 Å². The zero-order chi connectivity index (χ0) is 15.8. The number of amides is 3. The highest BCUT2D eigenvalue weighted by atomic mass is 16.2. The maximum atomic E-state index is 11.8. The molecule has 0 aliphatic heterocycles. The van der Waals surface area contributed by atoms with E-state index in [1.807, 2.05) is 0 Å². The number of benzene rings is 1. The van der Waals surface area contributed by atoms with E-state index in [4.69, 9.17) is 17.2 Å². The molecule has 0 radical (unpaired) electrons. The number of nitrogen functional groups attached to an aromatic ring is 1. The fraction of sp³-hybridized carbons (Fsp3) is 0.308. The predicted molar refractivity (Wildman–Crippen MR) is 78.9 cm³/mol. The Kier molecular flexibility index (Phi) is 6.15. The largest absolute Gasteiger partial charge is 0.399 e. The molecular weight excluding hydrogens is 274 g/mol. The van der Waals surface area contributed by atoms with Crippen molar-refractivity contribution < 1.29 is 14.4 Å². The molecule has 0 saturated heterocycles. The molecule has 3 amide bonds. The number of nitrogens with two attached hydrogens (primary N) is 3. The number of primary amides is 2. The summed E-state index contributed by atoms with van der Waals surface area (Å²) in [7, 11) is 0. The van der Waals surface area contributed by atoms with Gasteiger partial charge in [0.2, 0.25) is 17.7 Å². The van der Waals surface area contributed by atoms with Gasteiger partial charge < -0.3 is 22.5 Å². The summed E-state index contributed by atoms with van der Waals surface area (Å²) in [6, 6.07) is 6.69. The van der Waals surface area contributed by atoms with Gasteiger partial charge in [0.15, 0.2) is 0 Å². The van der Waals surface area contributed by atoms with E-state index in [1.54, 1.807) is 24.3 Å². The minimum atomic E-state index is -0.588. The second-order valence-corrected chi connectivity index (χ2v) is 4.56. The van der Waals surface area contributed by atoms with Gasteiger partial charge in [-0.2, -0.15) is 0 Å². The molecular formula is C13H19N5O3. The van der Waals surface area contributed by atoms with Crippen LogP contribution in [-0.4, -0.2) is 42.3 Å². The van der Waals surface area contributed by atoms with Crippen molar-refractivity contribution in [3.8, 4) is 0 Å². The summed E-state index contributed by atoms with van der Waals surface area (Å²) in [4.78, 5) is 34.9. The minimum Gasteiger partial charge on any atom is -0.399 e. The summed E-state index contributed by atoms with van der Waals surface area (Å²) in [5.41, 5.74) is 16.9. The molecule has 0 saturated carbocycles. The predicted octanol–water partition coefficient (Wildman–Crippen LogP) is -1.13. The molecule has 7 N–H and O–H groups in total. The van der Waals surface area contributed by atoms with Crippen LogP contribution in [0.2, 0.25) is 0 Å². The molecule has 0 bridgehead atoms. The molecule has 0 aliphatic rings. The van der Waals surface area contributed by atoms with Crippen molar-refractivity contribution >= 4 is 29.1 Å². The third kappa shape index (κ3) is 6.92. The van der Waals surface area contributed by atoms with Crippen LogP contribution in [0.4, 0.5) is 11.4 Å². The monoisotopic (exact) mass is 293 g/mol. The van der Waals surface area contributed by atoms with Crippen LogP contribution in [0.3, 0.4) is 0 Å². The average molecular weight is 293 g/mol. The first-order valence-corrected chi connectivity index (χ1v) is 6.31. The Balaban J connectivity index is 2.46. The van der Waals surface area contributed by atoms with Crippen molar-refractivity contribution in [3.05, 3.63) is 24.3 Å². The van der Waals surface area contributed by atoms with Gasteiger partial charge in [-0.15, -0.1) is 0 Å². The number of nitrogens with zero attached hydrogens (tertiary/aromatic N) is 1. The van der Waals surface area contributed by atoms with Gasteiger partial charge in [-0.1, -0.05) is 0 Å². The maximum Gasteiger partial charge on any atom is 0.231 e. The Labute approximate surface area is 122 Å². The molecule has 0 atom stereocenters. The third-order valence-electron chi connectivity index (χ3n) is 2.61. The van der Waals surface area contributed by atoms with E-state index in [0.29, 0.717) is 11.4 Å². The first-order valence-electron chi connectivity index (χ1n) is 6.31. The first-order chi connectivity index (χ1) is 9.86. The summed E-state index contributed by atoms with van der Waals surface area (Å²) in [6.45, 7) is -0.0527. The SMILES string of the molecule is NC(=O)CN(CCC(=O)Nc1ccc(N)cc1)CC(N)=O. The number of rotatable bonds is 8. The van der Waals surface area contributed by atoms with Gasteiger partial charge in [-0.05, 0) is 24.3 Å². The van der Waals surface area contributed by atoms with Gasteiger partial charge >= 0.3 is 0 Å². The first kappa shape index (κ1) is 16.4. The Morgan fingerprint density at radius 1 is 1.00 bits per heavy atom. The van der Waals surface area contributed by atoms with Crippen molar-refractivity contribution in [2.45, 2.75) is 6.42 Å². The Hall–Kier alpha value is -2.61. The zero-order valence-electron chi connectivity index (χ0n) is 11.5.